The number of halogens is 1. The molecule has 0 spiro atoms. The zero-order valence-corrected chi connectivity index (χ0v) is 12.9. The smallest absolute Gasteiger partial charge is 0.249 e. The minimum absolute atomic E-state index is 0.00811. The van der Waals surface area contributed by atoms with Crippen LogP contribution in [0.4, 0.5) is 5.69 Å². The van der Waals surface area contributed by atoms with E-state index in [1.165, 1.54) is 12.2 Å². The van der Waals surface area contributed by atoms with Crippen LogP contribution in [0.5, 0.6) is 0 Å². The highest BCUT2D eigenvalue weighted by Gasteiger charge is 2.28. The maximum Gasteiger partial charge on any atom is 0.249 e. The van der Waals surface area contributed by atoms with Gasteiger partial charge in [0.25, 0.3) is 0 Å². The van der Waals surface area contributed by atoms with Gasteiger partial charge in [0.2, 0.25) is 5.91 Å². The average Bonchev–Trinajstić information content (AvgIpc) is 2.53. The van der Waals surface area contributed by atoms with Crippen molar-refractivity contribution in [1.82, 2.24) is 5.06 Å². The molecule has 5 nitrogen and oxygen atoms in total. The van der Waals surface area contributed by atoms with Crippen LogP contribution in [0.3, 0.4) is 0 Å². The van der Waals surface area contributed by atoms with Crippen LogP contribution in [-0.4, -0.2) is 38.2 Å². The van der Waals surface area contributed by atoms with Crippen LogP contribution < -0.4 is 4.90 Å². The highest BCUT2D eigenvalue weighted by atomic mass is 35.5. The predicted octanol–water partition coefficient (Wildman–Crippen LogP) is 2.45. The van der Waals surface area contributed by atoms with E-state index in [1.54, 1.807) is 19.2 Å². The van der Waals surface area contributed by atoms with Crippen LogP contribution in [0.25, 0.3) is 0 Å². The molecule has 0 unspecified atom stereocenters. The average molecular weight is 308 g/mol. The third kappa shape index (κ3) is 3.46. The second kappa shape index (κ2) is 6.79. The Labute approximate surface area is 129 Å². The van der Waals surface area contributed by atoms with Crippen LogP contribution in [0.2, 0.25) is 5.02 Å². The van der Waals surface area contributed by atoms with Crippen molar-refractivity contribution >= 4 is 23.2 Å². The summed E-state index contributed by atoms with van der Waals surface area (Å²) in [7, 11) is 3.11. The molecule has 112 valence electrons. The number of anilines is 1. The van der Waals surface area contributed by atoms with Crippen LogP contribution in [0, 0.1) is 17.2 Å². The fraction of sp³-hybridized carbons (Fsp3) is 0.467. The highest BCUT2D eigenvalue weighted by Crippen LogP contribution is 2.28. The molecule has 1 aromatic rings. The van der Waals surface area contributed by atoms with E-state index >= 15 is 0 Å². The van der Waals surface area contributed by atoms with Gasteiger partial charge in [0.15, 0.2) is 0 Å². The Hall–Kier alpha value is -1.77. The number of hydrogen-bond acceptors (Lipinski definition) is 4. The standard InChI is InChI=1S/C15H18ClN3O2/c1-18(21-2)15(20)11-5-7-19(8-6-11)14-4-3-13(16)9-12(14)10-17/h3-4,9,11H,5-8H2,1-2H3. The summed E-state index contributed by atoms with van der Waals surface area (Å²) in [6.07, 6.45) is 1.50. The molecular formula is C15H18ClN3O2. The summed E-state index contributed by atoms with van der Waals surface area (Å²) in [5, 5.41) is 11.0. The predicted molar refractivity (Wildman–Crippen MR) is 80.9 cm³/mol. The minimum Gasteiger partial charge on any atom is -0.370 e. The molecule has 0 saturated carbocycles. The monoisotopic (exact) mass is 307 g/mol. The van der Waals surface area contributed by atoms with E-state index in [1.807, 2.05) is 6.07 Å². The van der Waals surface area contributed by atoms with E-state index in [9.17, 15) is 10.1 Å². The Kier molecular flexibility index (Phi) is 5.05. The van der Waals surface area contributed by atoms with Crippen molar-refractivity contribution < 1.29 is 9.63 Å². The molecule has 21 heavy (non-hydrogen) atoms. The van der Waals surface area contributed by atoms with Gasteiger partial charge in [-0.15, -0.1) is 0 Å². The fourth-order valence-corrected chi connectivity index (χ4v) is 2.76. The summed E-state index contributed by atoms with van der Waals surface area (Å²) in [6, 6.07) is 7.50. The van der Waals surface area contributed by atoms with Crippen molar-refractivity contribution in [3.8, 4) is 6.07 Å². The molecule has 1 saturated heterocycles. The number of carbonyl (C=O) groups excluding carboxylic acids is 1. The number of amides is 1. The van der Waals surface area contributed by atoms with Crippen molar-refractivity contribution in [1.29, 1.82) is 5.26 Å². The van der Waals surface area contributed by atoms with Crippen molar-refractivity contribution in [3.05, 3.63) is 28.8 Å². The van der Waals surface area contributed by atoms with Gasteiger partial charge in [-0.3, -0.25) is 9.63 Å². The van der Waals surface area contributed by atoms with E-state index in [-0.39, 0.29) is 11.8 Å². The minimum atomic E-state index is -0.0240. The molecule has 1 heterocycles. The molecule has 1 aliphatic rings. The molecule has 1 aliphatic heterocycles. The first-order valence-electron chi connectivity index (χ1n) is 6.83. The molecule has 0 atom stereocenters. The van der Waals surface area contributed by atoms with Gasteiger partial charge in [-0.2, -0.15) is 5.26 Å². The van der Waals surface area contributed by atoms with Gasteiger partial charge >= 0.3 is 0 Å². The molecule has 6 heteroatoms. The zero-order chi connectivity index (χ0) is 15.4. The third-order valence-electron chi connectivity index (χ3n) is 3.85. The second-order valence-electron chi connectivity index (χ2n) is 5.05. The summed E-state index contributed by atoms with van der Waals surface area (Å²) in [5.41, 5.74) is 1.45. The second-order valence-corrected chi connectivity index (χ2v) is 5.49. The lowest BCUT2D eigenvalue weighted by Crippen LogP contribution is -2.41. The first-order chi connectivity index (χ1) is 10.1. The third-order valence-corrected chi connectivity index (χ3v) is 4.08. The zero-order valence-electron chi connectivity index (χ0n) is 12.2. The van der Waals surface area contributed by atoms with Gasteiger partial charge in [0, 0.05) is 31.1 Å². The first-order valence-corrected chi connectivity index (χ1v) is 7.21. The first kappa shape index (κ1) is 15.6. The summed E-state index contributed by atoms with van der Waals surface area (Å²) in [4.78, 5) is 19.1. The summed E-state index contributed by atoms with van der Waals surface area (Å²) < 4.78 is 0. The lowest BCUT2D eigenvalue weighted by molar-refractivity contribution is -0.174. The largest absolute Gasteiger partial charge is 0.370 e. The van der Waals surface area contributed by atoms with Crippen molar-refractivity contribution in [2.45, 2.75) is 12.8 Å². The Morgan fingerprint density at radius 1 is 1.48 bits per heavy atom. The van der Waals surface area contributed by atoms with Gasteiger partial charge in [-0.05, 0) is 31.0 Å². The molecule has 0 aromatic heterocycles. The van der Waals surface area contributed by atoms with Gasteiger partial charge < -0.3 is 4.90 Å². The van der Waals surface area contributed by atoms with Crippen LogP contribution in [0.15, 0.2) is 18.2 Å². The van der Waals surface area contributed by atoms with E-state index in [4.69, 9.17) is 16.4 Å². The van der Waals surface area contributed by atoms with E-state index in [2.05, 4.69) is 11.0 Å². The number of nitriles is 1. The number of piperidine rings is 1. The van der Waals surface area contributed by atoms with Crippen LogP contribution in [0.1, 0.15) is 18.4 Å². The summed E-state index contributed by atoms with van der Waals surface area (Å²) in [5.74, 6) is -0.0159. The van der Waals surface area contributed by atoms with Crippen LogP contribution in [-0.2, 0) is 9.63 Å². The van der Waals surface area contributed by atoms with E-state index in [0.29, 0.717) is 10.6 Å². The van der Waals surface area contributed by atoms with Crippen molar-refractivity contribution in [2.24, 2.45) is 5.92 Å². The Morgan fingerprint density at radius 2 is 2.14 bits per heavy atom. The Balaban J connectivity index is 2.05. The number of hydrogen-bond donors (Lipinski definition) is 0. The Bertz CT molecular complexity index is 563. The lowest BCUT2D eigenvalue weighted by atomic mass is 9.95. The molecule has 0 N–H and O–H groups in total. The number of carbonyl (C=O) groups is 1. The topological polar surface area (TPSA) is 56.6 Å². The van der Waals surface area contributed by atoms with Crippen LogP contribution >= 0.6 is 11.6 Å². The number of nitrogens with zero attached hydrogens (tertiary/aromatic N) is 3. The molecule has 1 fully saturated rings. The van der Waals surface area contributed by atoms with Gasteiger partial charge in [0.1, 0.15) is 6.07 Å². The molecule has 0 bridgehead atoms. The SMILES string of the molecule is CON(C)C(=O)C1CCN(c2ccc(Cl)cc2C#N)CC1. The molecule has 1 amide bonds. The van der Waals surface area contributed by atoms with E-state index in [0.717, 1.165) is 31.6 Å². The quantitative estimate of drug-likeness (QED) is 0.805. The Morgan fingerprint density at radius 3 is 2.71 bits per heavy atom. The van der Waals surface area contributed by atoms with Crippen molar-refractivity contribution in [2.75, 3.05) is 32.1 Å². The number of rotatable bonds is 3. The lowest BCUT2D eigenvalue weighted by Gasteiger charge is -2.34. The molecule has 0 aliphatic carbocycles. The molecule has 2 rings (SSSR count). The fourth-order valence-electron chi connectivity index (χ4n) is 2.59. The maximum absolute atomic E-state index is 12.1. The summed E-state index contributed by atoms with van der Waals surface area (Å²) in [6.45, 7) is 1.48. The maximum atomic E-state index is 12.1. The van der Waals surface area contributed by atoms with E-state index < -0.39 is 0 Å². The molecule has 0 radical (unpaired) electrons. The van der Waals surface area contributed by atoms with Gasteiger partial charge in [-0.1, -0.05) is 11.6 Å². The molecular weight excluding hydrogens is 290 g/mol. The highest BCUT2D eigenvalue weighted by molar-refractivity contribution is 6.30. The normalized spacial score (nSPS) is 15.6. The van der Waals surface area contributed by atoms with Gasteiger partial charge in [-0.25, -0.2) is 5.06 Å². The number of benzene rings is 1. The van der Waals surface area contributed by atoms with Crippen molar-refractivity contribution in [3.63, 3.8) is 0 Å². The molecule has 1 aromatic carbocycles. The number of hydroxylamine groups is 2. The van der Waals surface area contributed by atoms with Gasteiger partial charge in [0.05, 0.1) is 18.4 Å². The summed E-state index contributed by atoms with van der Waals surface area (Å²) >= 11 is 5.92.